The van der Waals surface area contributed by atoms with Crippen LogP contribution in [0.4, 0.5) is 0 Å². The summed E-state index contributed by atoms with van der Waals surface area (Å²) in [5.41, 5.74) is -0.851. The third-order valence-corrected chi connectivity index (χ3v) is 3.00. The van der Waals surface area contributed by atoms with Crippen LogP contribution in [0.2, 0.25) is 0 Å². The Hall–Kier alpha value is -2.37. The van der Waals surface area contributed by atoms with Gasteiger partial charge >= 0.3 is 5.97 Å². The summed E-state index contributed by atoms with van der Waals surface area (Å²) in [4.78, 5) is 23.1. The number of nitrogens with zero attached hydrogens (tertiary/aromatic N) is 1. The van der Waals surface area contributed by atoms with Crippen molar-refractivity contribution < 1.29 is 14.7 Å². The molecule has 3 N–H and O–H groups in total. The zero-order chi connectivity index (χ0) is 13.2. The van der Waals surface area contributed by atoms with E-state index in [0.29, 0.717) is 5.69 Å². The number of carbonyl (C=O) groups excluding carboxylic acids is 1. The lowest BCUT2D eigenvalue weighted by atomic mass is 9.79. The summed E-state index contributed by atoms with van der Waals surface area (Å²) >= 11 is 0. The lowest BCUT2D eigenvalue weighted by Gasteiger charge is -2.31. The topological polar surface area (TPSA) is 95.1 Å². The monoisotopic (exact) mass is 247 g/mol. The first kappa shape index (κ1) is 12.1. The molecule has 18 heavy (non-hydrogen) atoms. The van der Waals surface area contributed by atoms with E-state index < -0.39 is 17.4 Å². The number of H-pyrrole nitrogens is 1. The molecule has 1 amide bonds. The van der Waals surface area contributed by atoms with E-state index >= 15 is 0 Å². The van der Waals surface area contributed by atoms with Gasteiger partial charge in [-0.05, 0) is 13.0 Å². The minimum absolute atomic E-state index is 0.297. The quantitative estimate of drug-likeness (QED) is 0.733. The van der Waals surface area contributed by atoms with Crippen molar-refractivity contribution in [2.24, 2.45) is 5.41 Å². The van der Waals surface area contributed by atoms with Crippen LogP contribution in [0, 0.1) is 5.41 Å². The van der Waals surface area contributed by atoms with Gasteiger partial charge < -0.3 is 10.4 Å². The molecular weight excluding hydrogens is 234 g/mol. The maximum absolute atomic E-state index is 11.9. The Morgan fingerprint density at radius 3 is 2.89 bits per heavy atom. The Morgan fingerprint density at radius 2 is 2.28 bits per heavy atom. The first-order valence-electron chi connectivity index (χ1n) is 5.44. The average molecular weight is 247 g/mol. The van der Waals surface area contributed by atoms with Crippen molar-refractivity contribution >= 4 is 11.9 Å². The highest BCUT2D eigenvalue weighted by atomic mass is 16.4. The predicted molar refractivity (Wildman–Crippen MR) is 63.9 cm³/mol. The van der Waals surface area contributed by atoms with Gasteiger partial charge in [0.15, 0.2) is 0 Å². The molecule has 2 unspecified atom stereocenters. The summed E-state index contributed by atoms with van der Waals surface area (Å²) in [6.45, 7) is 1.56. The zero-order valence-corrected chi connectivity index (χ0v) is 9.75. The molecule has 0 saturated carbocycles. The summed E-state index contributed by atoms with van der Waals surface area (Å²) < 4.78 is 0. The molecular formula is C12H13N3O3. The molecule has 0 fully saturated rings. The summed E-state index contributed by atoms with van der Waals surface area (Å²) in [6.07, 6.45) is 8.05. The van der Waals surface area contributed by atoms with Gasteiger partial charge in [0.25, 0.3) is 5.91 Å². The summed E-state index contributed by atoms with van der Waals surface area (Å²) in [5, 5.41) is 18.1. The molecule has 0 spiro atoms. The van der Waals surface area contributed by atoms with Crippen molar-refractivity contribution in [1.29, 1.82) is 0 Å². The minimum atomic E-state index is -1.15. The third kappa shape index (κ3) is 2.04. The van der Waals surface area contributed by atoms with E-state index in [1.165, 1.54) is 12.3 Å². The lowest BCUT2D eigenvalue weighted by molar-refractivity contribution is -0.145. The van der Waals surface area contributed by atoms with E-state index in [4.69, 9.17) is 0 Å². The van der Waals surface area contributed by atoms with E-state index in [-0.39, 0.29) is 5.91 Å². The van der Waals surface area contributed by atoms with Crippen LogP contribution in [0.1, 0.15) is 17.4 Å². The number of carboxylic acids is 1. The van der Waals surface area contributed by atoms with Gasteiger partial charge in [-0.25, -0.2) is 0 Å². The highest BCUT2D eigenvalue weighted by molar-refractivity contribution is 5.93. The molecule has 6 nitrogen and oxygen atoms in total. The van der Waals surface area contributed by atoms with Crippen LogP contribution in [0.15, 0.2) is 36.6 Å². The van der Waals surface area contributed by atoms with Gasteiger partial charge in [0.2, 0.25) is 0 Å². The first-order chi connectivity index (χ1) is 8.54. The molecule has 1 aliphatic carbocycles. The number of aromatic amines is 1. The highest BCUT2D eigenvalue weighted by Crippen LogP contribution is 2.28. The number of hydrogen-bond acceptors (Lipinski definition) is 3. The molecule has 1 heterocycles. The van der Waals surface area contributed by atoms with Gasteiger partial charge in [0, 0.05) is 6.20 Å². The Morgan fingerprint density at radius 1 is 1.50 bits per heavy atom. The molecule has 0 saturated heterocycles. The first-order valence-corrected chi connectivity index (χ1v) is 5.44. The molecule has 1 aromatic rings. The maximum Gasteiger partial charge on any atom is 0.315 e. The Bertz CT molecular complexity index is 519. The van der Waals surface area contributed by atoms with Crippen molar-refractivity contribution in [3.05, 3.63) is 42.3 Å². The predicted octanol–water partition coefficient (Wildman–Crippen LogP) is 0.725. The Balaban J connectivity index is 2.18. The van der Waals surface area contributed by atoms with Gasteiger partial charge in [0.1, 0.15) is 11.1 Å². The molecule has 2 atom stereocenters. The SMILES string of the molecule is CC1(C(=O)O)C=CC=CC1NC(=O)c1ccn[nH]1. The van der Waals surface area contributed by atoms with Crippen LogP contribution in [0.5, 0.6) is 0 Å². The largest absolute Gasteiger partial charge is 0.481 e. The Kier molecular flexibility index (Phi) is 3.01. The van der Waals surface area contributed by atoms with Gasteiger partial charge in [-0.3, -0.25) is 14.7 Å². The fourth-order valence-electron chi connectivity index (χ4n) is 1.74. The van der Waals surface area contributed by atoms with Crippen molar-refractivity contribution in [2.45, 2.75) is 13.0 Å². The normalized spacial score (nSPS) is 25.9. The van der Waals surface area contributed by atoms with E-state index in [1.54, 1.807) is 31.2 Å². The van der Waals surface area contributed by atoms with Crippen LogP contribution >= 0.6 is 0 Å². The second kappa shape index (κ2) is 4.48. The summed E-state index contributed by atoms with van der Waals surface area (Å²) in [5.74, 6) is -1.37. The minimum Gasteiger partial charge on any atom is -0.481 e. The number of aliphatic carboxylic acids is 1. The molecule has 6 heteroatoms. The molecule has 0 aromatic carbocycles. The van der Waals surface area contributed by atoms with Gasteiger partial charge in [-0.2, -0.15) is 5.10 Å². The molecule has 0 bridgehead atoms. The molecule has 0 aliphatic heterocycles. The van der Waals surface area contributed by atoms with Crippen LogP contribution in [-0.4, -0.2) is 33.2 Å². The van der Waals surface area contributed by atoms with Crippen molar-refractivity contribution in [3.8, 4) is 0 Å². The summed E-state index contributed by atoms with van der Waals surface area (Å²) in [6, 6.07) is 0.923. The molecule has 94 valence electrons. The fourth-order valence-corrected chi connectivity index (χ4v) is 1.74. The molecule has 0 radical (unpaired) electrons. The van der Waals surface area contributed by atoms with Crippen molar-refractivity contribution in [2.75, 3.05) is 0 Å². The van der Waals surface area contributed by atoms with E-state index in [9.17, 15) is 14.7 Å². The number of allylic oxidation sites excluding steroid dienone is 2. The molecule has 2 rings (SSSR count). The number of aromatic nitrogens is 2. The van der Waals surface area contributed by atoms with Gasteiger partial charge in [-0.15, -0.1) is 0 Å². The average Bonchev–Trinajstić information content (AvgIpc) is 2.85. The lowest BCUT2D eigenvalue weighted by Crippen LogP contribution is -2.49. The second-order valence-corrected chi connectivity index (χ2v) is 4.25. The second-order valence-electron chi connectivity index (χ2n) is 4.25. The van der Waals surface area contributed by atoms with E-state index in [0.717, 1.165) is 0 Å². The van der Waals surface area contributed by atoms with Gasteiger partial charge in [0.05, 0.1) is 6.04 Å². The van der Waals surface area contributed by atoms with Crippen LogP contribution < -0.4 is 5.32 Å². The molecule has 1 aromatic heterocycles. The zero-order valence-electron chi connectivity index (χ0n) is 9.75. The fraction of sp³-hybridized carbons (Fsp3) is 0.250. The maximum atomic E-state index is 11.9. The number of amides is 1. The van der Waals surface area contributed by atoms with Crippen LogP contribution in [0.3, 0.4) is 0 Å². The van der Waals surface area contributed by atoms with E-state index in [1.807, 2.05) is 0 Å². The highest BCUT2D eigenvalue weighted by Gasteiger charge is 2.40. The smallest absolute Gasteiger partial charge is 0.315 e. The number of carboxylic acid groups (broad SMARTS) is 1. The Labute approximate surface area is 103 Å². The third-order valence-electron chi connectivity index (χ3n) is 3.00. The van der Waals surface area contributed by atoms with Crippen molar-refractivity contribution in [3.63, 3.8) is 0 Å². The number of hydrogen-bond donors (Lipinski definition) is 3. The summed E-state index contributed by atoms with van der Waals surface area (Å²) in [7, 11) is 0. The number of nitrogens with one attached hydrogen (secondary N) is 2. The van der Waals surface area contributed by atoms with E-state index in [2.05, 4.69) is 15.5 Å². The molecule has 1 aliphatic rings. The van der Waals surface area contributed by atoms with Crippen LogP contribution in [0.25, 0.3) is 0 Å². The van der Waals surface area contributed by atoms with Crippen molar-refractivity contribution in [1.82, 2.24) is 15.5 Å². The standard InChI is InChI=1S/C12H13N3O3/c1-12(11(17)18)6-3-2-4-9(12)14-10(16)8-5-7-13-15-8/h2-7,9H,1H3,(H,13,15)(H,14,16)(H,17,18). The van der Waals surface area contributed by atoms with Gasteiger partial charge in [-0.1, -0.05) is 24.3 Å². The van der Waals surface area contributed by atoms with Crippen LogP contribution in [-0.2, 0) is 4.79 Å². The number of carbonyl (C=O) groups is 2. The number of rotatable bonds is 3.